The summed E-state index contributed by atoms with van der Waals surface area (Å²) < 4.78 is 1.25. The average molecular weight is 455 g/mol. The maximum absolute atomic E-state index is 12.8. The topological polar surface area (TPSA) is 58.4 Å². The number of hydrogen-bond acceptors (Lipinski definition) is 5. The predicted molar refractivity (Wildman–Crippen MR) is 126 cm³/mol. The Labute approximate surface area is 190 Å². The number of rotatable bonds is 5. The standard InChI is InChI=1S/C23H23ClN4O2S/c1-31-20-7-5-17(6-8-20)21-9-10-22(29)28(25-21)16-23(30)27-13-11-26(12-14-27)19-4-2-3-18(24)15-19/h2-10,15H,11-14,16H2,1H3. The number of anilines is 1. The number of thioether (sulfide) groups is 1. The molecule has 0 aliphatic carbocycles. The molecule has 1 aliphatic rings. The van der Waals surface area contributed by atoms with Crippen LogP contribution in [0, 0.1) is 0 Å². The molecule has 4 rings (SSSR count). The van der Waals surface area contributed by atoms with Gasteiger partial charge in [0.1, 0.15) is 6.54 Å². The third-order valence-corrected chi connectivity index (χ3v) is 6.32. The minimum absolute atomic E-state index is 0.0628. The van der Waals surface area contributed by atoms with Crippen molar-refractivity contribution in [2.45, 2.75) is 11.4 Å². The predicted octanol–water partition coefficient (Wildman–Crippen LogP) is 3.63. The number of nitrogens with zero attached hydrogens (tertiary/aromatic N) is 4. The van der Waals surface area contributed by atoms with E-state index in [4.69, 9.17) is 11.6 Å². The Kier molecular flexibility index (Phi) is 6.63. The first-order chi connectivity index (χ1) is 15.0. The van der Waals surface area contributed by atoms with Crippen LogP contribution in [0.1, 0.15) is 0 Å². The van der Waals surface area contributed by atoms with Crippen molar-refractivity contribution in [1.29, 1.82) is 0 Å². The summed E-state index contributed by atoms with van der Waals surface area (Å²) in [5, 5.41) is 5.13. The molecule has 2 heterocycles. The molecule has 160 valence electrons. The Balaban J connectivity index is 1.42. The summed E-state index contributed by atoms with van der Waals surface area (Å²) in [4.78, 5) is 30.3. The molecule has 0 saturated carbocycles. The van der Waals surface area contributed by atoms with Gasteiger partial charge >= 0.3 is 0 Å². The normalized spacial score (nSPS) is 14.0. The number of carbonyl (C=O) groups excluding carboxylic acids is 1. The molecule has 0 N–H and O–H groups in total. The third kappa shape index (κ3) is 5.11. The lowest BCUT2D eigenvalue weighted by atomic mass is 10.1. The van der Waals surface area contributed by atoms with Gasteiger partial charge in [-0.05, 0) is 42.7 Å². The minimum atomic E-state index is -0.282. The number of benzene rings is 2. The van der Waals surface area contributed by atoms with Crippen LogP contribution in [0.3, 0.4) is 0 Å². The van der Waals surface area contributed by atoms with Crippen LogP contribution in [0.15, 0.2) is 70.4 Å². The molecule has 0 radical (unpaired) electrons. The van der Waals surface area contributed by atoms with E-state index in [1.807, 2.05) is 54.8 Å². The van der Waals surface area contributed by atoms with Gasteiger partial charge < -0.3 is 9.80 Å². The number of halogens is 1. The van der Waals surface area contributed by atoms with Crippen LogP contribution in [0.25, 0.3) is 11.3 Å². The summed E-state index contributed by atoms with van der Waals surface area (Å²) >= 11 is 7.75. The van der Waals surface area contributed by atoms with Crippen molar-refractivity contribution in [2.75, 3.05) is 37.3 Å². The molecule has 8 heteroatoms. The van der Waals surface area contributed by atoms with Crippen LogP contribution >= 0.6 is 23.4 Å². The quantitative estimate of drug-likeness (QED) is 0.551. The molecule has 1 amide bonds. The molecule has 0 bridgehead atoms. The van der Waals surface area contributed by atoms with Crippen LogP contribution in [-0.4, -0.2) is 53.0 Å². The van der Waals surface area contributed by atoms with E-state index in [0.29, 0.717) is 23.8 Å². The van der Waals surface area contributed by atoms with Gasteiger partial charge in [-0.15, -0.1) is 11.8 Å². The number of amides is 1. The molecule has 3 aromatic rings. The first-order valence-corrected chi connectivity index (χ1v) is 11.6. The Hall–Kier alpha value is -2.77. The molecular formula is C23H23ClN4O2S. The van der Waals surface area contributed by atoms with Crippen molar-refractivity contribution in [3.05, 3.63) is 76.0 Å². The van der Waals surface area contributed by atoms with Gasteiger partial charge in [0.05, 0.1) is 5.69 Å². The maximum Gasteiger partial charge on any atom is 0.267 e. The van der Waals surface area contributed by atoms with Crippen molar-refractivity contribution in [3.8, 4) is 11.3 Å². The zero-order valence-electron chi connectivity index (χ0n) is 17.2. The highest BCUT2D eigenvalue weighted by Crippen LogP contribution is 2.22. The molecule has 6 nitrogen and oxygen atoms in total. The molecule has 1 aromatic heterocycles. The van der Waals surface area contributed by atoms with Crippen molar-refractivity contribution < 1.29 is 4.79 Å². The summed E-state index contributed by atoms with van der Waals surface area (Å²) in [5.41, 5.74) is 2.35. The minimum Gasteiger partial charge on any atom is -0.368 e. The molecular weight excluding hydrogens is 432 g/mol. The molecule has 1 saturated heterocycles. The Morgan fingerprint density at radius 3 is 2.45 bits per heavy atom. The fourth-order valence-corrected chi connectivity index (χ4v) is 4.19. The lowest BCUT2D eigenvalue weighted by Gasteiger charge is -2.36. The summed E-state index contributed by atoms with van der Waals surface area (Å²) in [5.74, 6) is -0.102. The van der Waals surface area contributed by atoms with Crippen molar-refractivity contribution >= 4 is 35.0 Å². The molecule has 1 aliphatic heterocycles. The zero-order chi connectivity index (χ0) is 21.8. The fraction of sp³-hybridized carbons (Fsp3) is 0.261. The maximum atomic E-state index is 12.8. The largest absolute Gasteiger partial charge is 0.368 e. The molecule has 0 atom stereocenters. The van der Waals surface area contributed by atoms with E-state index in [2.05, 4.69) is 10.00 Å². The van der Waals surface area contributed by atoms with Gasteiger partial charge in [0.15, 0.2) is 0 Å². The van der Waals surface area contributed by atoms with Gasteiger partial charge in [0.25, 0.3) is 5.56 Å². The highest BCUT2D eigenvalue weighted by atomic mass is 35.5. The fourth-order valence-electron chi connectivity index (χ4n) is 3.59. The van der Waals surface area contributed by atoms with Gasteiger partial charge in [-0.1, -0.05) is 29.8 Å². The van der Waals surface area contributed by atoms with Gasteiger partial charge in [-0.3, -0.25) is 9.59 Å². The zero-order valence-corrected chi connectivity index (χ0v) is 18.8. The van der Waals surface area contributed by atoms with E-state index < -0.39 is 0 Å². The number of hydrogen-bond donors (Lipinski definition) is 0. The van der Waals surface area contributed by atoms with Gasteiger partial charge in [0.2, 0.25) is 5.91 Å². The highest BCUT2D eigenvalue weighted by molar-refractivity contribution is 7.98. The lowest BCUT2D eigenvalue weighted by Crippen LogP contribution is -2.50. The number of piperazine rings is 1. The summed E-state index contributed by atoms with van der Waals surface area (Å²) in [6.07, 6.45) is 2.02. The van der Waals surface area contributed by atoms with E-state index in [9.17, 15) is 9.59 Å². The second-order valence-electron chi connectivity index (χ2n) is 7.29. The Morgan fingerprint density at radius 2 is 1.77 bits per heavy atom. The van der Waals surface area contributed by atoms with E-state index >= 15 is 0 Å². The van der Waals surface area contributed by atoms with E-state index in [1.165, 1.54) is 10.7 Å². The second kappa shape index (κ2) is 9.58. The van der Waals surface area contributed by atoms with Gasteiger partial charge in [0, 0.05) is 53.4 Å². The first kappa shape index (κ1) is 21.5. The molecule has 1 fully saturated rings. The molecule has 31 heavy (non-hydrogen) atoms. The summed E-state index contributed by atoms with van der Waals surface area (Å²) in [6, 6.07) is 18.9. The van der Waals surface area contributed by atoms with E-state index in [0.717, 1.165) is 29.2 Å². The van der Waals surface area contributed by atoms with E-state index in [1.54, 1.807) is 22.7 Å². The van der Waals surface area contributed by atoms with Gasteiger partial charge in [-0.2, -0.15) is 5.10 Å². The Morgan fingerprint density at radius 1 is 1.03 bits per heavy atom. The van der Waals surface area contributed by atoms with Crippen LogP contribution in [0.2, 0.25) is 5.02 Å². The smallest absolute Gasteiger partial charge is 0.267 e. The molecule has 0 unspecified atom stereocenters. The number of carbonyl (C=O) groups is 1. The van der Waals surface area contributed by atoms with Crippen LogP contribution in [0.5, 0.6) is 0 Å². The second-order valence-corrected chi connectivity index (χ2v) is 8.61. The summed E-state index contributed by atoms with van der Waals surface area (Å²) in [6.45, 7) is 2.56. The monoisotopic (exact) mass is 454 g/mol. The lowest BCUT2D eigenvalue weighted by molar-refractivity contribution is -0.132. The van der Waals surface area contributed by atoms with Crippen molar-refractivity contribution in [3.63, 3.8) is 0 Å². The Bertz CT molecular complexity index is 1120. The van der Waals surface area contributed by atoms with Crippen LogP contribution in [0.4, 0.5) is 5.69 Å². The van der Waals surface area contributed by atoms with Crippen molar-refractivity contribution in [1.82, 2.24) is 14.7 Å². The number of aromatic nitrogens is 2. The SMILES string of the molecule is CSc1ccc(-c2ccc(=O)n(CC(=O)N3CCN(c4cccc(Cl)c4)CC3)n2)cc1. The summed E-state index contributed by atoms with van der Waals surface area (Å²) in [7, 11) is 0. The third-order valence-electron chi connectivity index (χ3n) is 5.34. The van der Waals surface area contributed by atoms with Gasteiger partial charge in [-0.25, -0.2) is 4.68 Å². The molecule has 0 spiro atoms. The highest BCUT2D eigenvalue weighted by Gasteiger charge is 2.22. The average Bonchev–Trinajstić information content (AvgIpc) is 2.80. The van der Waals surface area contributed by atoms with Crippen LogP contribution in [-0.2, 0) is 11.3 Å². The van der Waals surface area contributed by atoms with Crippen molar-refractivity contribution in [2.24, 2.45) is 0 Å². The molecule has 2 aromatic carbocycles. The van der Waals surface area contributed by atoms with E-state index in [-0.39, 0.29) is 18.0 Å². The van der Waals surface area contributed by atoms with Crippen LogP contribution < -0.4 is 10.5 Å². The first-order valence-electron chi connectivity index (χ1n) is 10.0.